The predicted octanol–water partition coefficient (Wildman–Crippen LogP) is -0.141. The van der Waals surface area contributed by atoms with E-state index in [1.54, 1.807) is 6.92 Å². The van der Waals surface area contributed by atoms with E-state index >= 15 is 0 Å². The molecule has 0 aliphatic rings. The van der Waals surface area contributed by atoms with Gasteiger partial charge >= 0.3 is 0 Å². The lowest BCUT2D eigenvalue weighted by Gasteiger charge is -2.06. The van der Waals surface area contributed by atoms with Crippen LogP contribution in [0.4, 0.5) is 0 Å². The van der Waals surface area contributed by atoms with Crippen molar-refractivity contribution in [3.63, 3.8) is 0 Å². The van der Waals surface area contributed by atoms with E-state index in [2.05, 4.69) is 15.5 Å². The van der Waals surface area contributed by atoms with Crippen LogP contribution in [0.25, 0.3) is 0 Å². The Kier molecular flexibility index (Phi) is 3.43. The molecule has 0 saturated carbocycles. The lowest BCUT2D eigenvalue weighted by molar-refractivity contribution is 0.558. The smallest absolute Gasteiger partial charge is 0.220 e. The molecule has 0 saturated heterocycles. The maximum atomic E-state index is 11.7. The standard InChI is InChI=1S/C6H11ClN4O2S/c1-5(3-7)4-14(12,13)6-8-9-10-11(6)2/h5H,3-4H2,1-2H3. The molecule has 1 rings (SSSR count). The van der Waals surface area contributed by atoms with E-state index < -0.39 is 9.84 Å². The molecule has 0 amide bonds. The summed E-state index contributed by atoms with van der Waals surface area (Å²) in [6.07, 6.45) is 0. The molecule has 0 aliphatic carbocycles. The molecule has 0 N–H and O–H groups in total. The van der Waals surface area contributed by atoms with Crippen molar-refractivity contribution in [2.75, 3.05) is 11.6 Å². The van der Waals surface area contributed by atoms with E-state index in [-0.39, 0.29) is 16.8 Å². The molecule has 0 radical (unpaired) electrons. The maximum absolute atomic E-state index is 11.7. The monoisotopic (exact) mass is 238 g/mol. The van der Waals surface area contributed by atoms with Crippen molar-refractivity contribution in [2.24, 2.45) is 13.0 Å². The number of sulfone groups is 1. The number of aryl methyl sites for hydroxylation is 1. The maximum Gasteiger partial charge on any atom is 0.267 e. The van der Waals surface area contributed by atoms with Gasteiger partial charge in [-0.25, -0.2) is 13.1 Å². The van der Waals surface area contributed by atoms with Crippen molar-refractivity contribution in [3.8, 4) is 0 Å². The fourth-order valence-electron chi connectivity index (χ4n) is 0.978. The Balaban J connectivity index is 2.92. The van der Waals surface area contributed by atoms with Gasteiger partial charge in [0.1, 0.15) is 0 Å². The van der Waals surface area contributed by atoms with Crippen molar-refractivity contribution in [1.29, 1.82) is 0 Å². The van der Waals surface area contributed by atoms with Crippen LogP contribution in [-0.2, 0) is 16.9 Å². The Bertz CT molecular complexity index is 402. The number of tetrazole rings is 1. The summed E-state index contributed by atoms with van der Waals surface area (Å²) >= 11 is 5.54. The molecule has 1 heterocycles. The van der Waals surface area contributed by atoms with E-state index in [4.69, 9.17) is 11.6 Å². The van der Waals surface area contributed by atoms with Gasteiger partial charge in [-0.2, -0.15) is 0 Å². The molecule has 1 aromatic heterocycles. The minimum absolute atomic E-state index is 0.0370. The molecule has 0 fully saturated rings. The second-order valence-electron chi connectivity index (χ2n) is 3.13. The molecule has 0 bridgehead atoms. The van der Waals surface area contributed by atoms with Crippen LogP contribution in [0.2, 0.25) is 0 Å². The quantitative estimate of drug-likeness (QED) is 0.683. The number of hydrogen-bond donors (Lipinski definition) is 0. The summed E-state index contributed by atoms with van der Waals surface area (Å²) in [7, 11) is -1.93. The lowest BCUT2D eigenvalue weighted by atomic mass is 10.3. The van der Waals surface area contributed by atoms with Crippen LogP contribution in [0.15, 0.2) is 5.16 Å². The van der Waals surface area contributed by atoms with Gasteiger partial charge in [0.05, 0.1) is 5.75 Å². The summed E-state index contributed by atoms with van der Waals surface area (Å²) in [5.41, 5.74) is 0. The zero-order valence-corrected chi connectivity index (χ0v) is 9.46. The second-order valence-corrected chi connectivity index (χ2v) is 5.36. The number of halogens is 1. The van der Waals surface area contributed by atoms with Gasteiger partial charge in [0.15, 0.2) is 0 Å². The average molecular weight is 239 g/mol. The van der Waals surface area contributed by atoms with Crippen LogP contribution < -0.4 is 0 Å². The summed E-state index contributed by atoms with van der Waals surface area (Å²) in [4.78, 5) is 0. The highest BCUT2D eigenvalue weighted by Gasteiger charge is 2.23. The summed E-state index contributed by atoms with van der Waals surface area (Å²) in [5, 5.41) is 10.1. The van der Waals surface area contributed by atoms with Gasteiger partial charge in [-0.15, -0.1) is 11.6 Å². The Morgan fingerprint density at radius 2 is 2.21 bits per heavy atom. The average Bonchev–Trinajstić information content (AvgIpc) is 2.51. The first kappa shape index (κ1) is 11.4. The van der Waals surface area contributed by atoms with Crippen LogP contribution in [0.1, 0.15) is 6.92 Å². The first-order valence-electron chi connectivity index (χ1n) is 3.98. The fourth-order valence-corrected chi connectivity index (χ4v) is 2.83. The van der Waals surface area contributed by atoms with E-state index in [1.807, 2.05) is 0 Å². The van der Waals surface area contributed by atoms with Crippen LogP contribution in [-0.4, -0.2) is 40.3 Å². The normalized spacial score (nSPS) is 14.2. The second kappa shape index (κ2) is 4.22. The Morgan fingerprint density at radius 1 is 1.57 bits per heavy atom. The molecule has 6 nitrogen and oxygen atoms in total. The van der Waals surface area contributed by atoms with E-state index in [0.717, 1.165) is 4.68 Å². The molecule has 14 heavy (non-hydrogen) atoms. The molecular formula is C6H11ClN4O2S. The summed E-state index contributed by atoms with van der Waals surface area (Å²) in [6.45, 7) is 1.76. The van der Waals surface area contributed by atoms with Crippen molar-refractivity contribution < 1.29 is 8.42 Å². The van der Waals surface area contributed by atoms with Crippen molar-refractivity contribution in [1.82, 2.24) is 20.2 Å². The van der Waals surface area contributed by atoms with E-state index in [9.17, 15) is 8.42 Å². The Labute approximate surface area is 87.2 Å². The van der Waals surface area contributed by atoms with Crippen LogP contribution in [0.3, 0.4) is 0 Å². The molecule has 80 valence electrons. The Morgan fingerprint density at radius 3 is 2.64 bits per heavy atom. The summed E-state index contributed by atoms with van der Waals surface area (Å²) < 4.78 is 24.5. The van der Waals surface area contributed by atoms with Gasteiger partial charge in [0, 0.05) is 12.9 Å². The molecule has 8 heteroatoms. The predicted molar refractivity (Wildman–Crippen MR) is 50.7 cm³/mol. The van der Waals surface area contributed by atoms with Crippen LogP contribution in [0.5, 0.6) is 0 Å². The van der Waals surface area contributed by atoms with E-state index in [0.29, 0.717) is 5.88 Å². The first-order valence-corrected chi connectivity index (χ1v) is 6.17. The number of alkyl halides is 1. The number of nitrogens with zero attached hydrogens (tertiary/aromatic N) is 4. The third kappa shape index (κ3) is 2.42. The summed E-state index contributed by atoms with van der Waals surface area (Å²) in [5.74, 6) is 0.147. The molecule has 1 aromatic rings. The third-order valence-electron chi connectivity index (χ3n) is 1.63. The molecule has 0 aliphatic heterocycles. The van der Waals surface area contributed by atoms with Gasteiger partial charge < -0.3 is 0 Å². The van der Waals surface area contributed by atoms with Crippen molar-refractivity contribution in [2.45, 2.75) is 12.1 Å². The van der Waals surface area contributed by atoms with Gasteiger partial charge in [0.25, 0.3) is 5.16 Å². The zero-order valence-electron chi connectivity index (χ0n) is 7.88. The number of rotatable bonds is 4. The molecule has 1 unspecified atom stereocenters. The van der Waals surface area contributed by atoms with Crippen LogP contribution >= 0.6 is 11.6 Å². The zero-order chi connectivity index (χ0) is 10.8. The molecule has 1 atom stereocenters. The van der Waals surface area contributed by atoms with E-state index in [1.165, 1.54) is 7.05 Å². The molecule has 0 spiro atoms. The van der Waals surface area contributed by atoms with Gasteiger partial charge in [-0.1, -0.05) is 12.0 Å². The Hall–Kier alpha value is -0.690. The van der Waals surface area contributed by atoms with Crippen molar-refractivity contribution >= 4 is 21.4 Å². The van der Waals surface area contributed by atoms with Gasteiger partial charge in [-0.3, -0.25) is 0 Å². The molecular weight excluding hydrogens is 228 g/mol. The lowest BCUT2D eigenvalue weighted by Crippen LogP contribution is -2.18. The number of aromatic nitrogens is 4. The highest BCUT2D eigenvalue weighted by molar-refractivity contribution is 7.91. The topological polar surface area (TPSA) is 77.7 Å². The molecule has 0 aromatic carbocycles. The number of hydrogen-bond acceptors (Lipinski definition) is 5. The SMILES string of the molecule is CC(CCl)CS(=O)(=O)c1nnnn1C. The highest BCUT2D eigenvalue weighted by Crippen LogP contribution is 2.10. The minimum atomic E-state index is -3.42. The van der Waals surface area contributed by atoms with Crippen molar-refractivity contribution in [3.05, 3.63) is 0 Å². The summed E-state index contributed by atoms with van der Waals surface area (Å²) in [6, 6.07) is 0. The third-order valence-corrected chi connectivity index (χ3v) is 4.06. The fraction of sp³-hybridized carbons (Fsp3) is 0.833. The first-order chi connectivity index (χ1) is 6.47. The minimum Gasteiger partial charge on any atom is -0.220 e. The van der Waals surface area contributed by atoms with Gasteiger partial charge in [0.2, 0.25) is 9.84 Å². The highest BCUT2D eigenvalue weighted by atomic mass is 35.5. The largest absolute Gasteiger partial charge is 0.267 e. The van der Waals surface area contributed by atoms with Crippen LogP contribution in [0, 0.1) is 5.92 Å². The van der Waals surface area contributed by atoms with Gasteiger partial charge in [-0.05, 0) is 16.3 Å².